The molecule has 4 rings (SSSR count). The van der Waals surface area contributed by atoms with E-state index in [1.54, 1.807) is 36.7 Å². The van der Waals surface area contributed by atoms with Crippen LogP contribution in [0.15, 0.2) is 47.7 Å². The van der Waals surface area contributed by atoms with Crippen LogP contribution in [-0.2, 0) is 0 Å². The van der Waals surface area contributed by atoms with Crippen LogP contribution in [0.1, 0.15) is 57.6 Å². The van der Waals surface area contributed by atoms with E-state index in [-0.39, 0.29) is 6.04 Å². The zero-order valence-electron chi connectivity index (χ0n) is 16.2. The second kappa shape index (κ2) is 6.60. The summed E-state index contributed by atoms with van der Waals surface area (Å²) in [4.78, 5) is 24.9. The predicted molar refractivity (Wildman–Crippen MR) is 106 cm³/mol. The molecule has 2 amide bonds. The highest BCUT2D eigenvalue weighted by molar-refractivity contribution is 6.21. The Labute approximate surface area is 162 Å². The minimum Gasteiger partial charge on any atom is -0.303 e. The molecule has 0 saturated carbocycles. The lowest BCUT2D eigenvalue weighted by Gasteiger charge is -2.15. The van der Waals surface area contributed by atoms with Crippen LogP contribution >= 0.6 is 0 Å². The highest BCUT2D eigenvalue weighted by Crippen LogP contribution is 2.24. The molecule has 3 aromatic rings. The Bertz CT molecular complexity index is 1080. The quantitative estimate of drug-likeness (QED) is 0.517. The molecule has 2 aromatic heterocycles. The molecule has 0 saturated heterocycles. The molecule has 0 fully saturated rings. The molecule has 1 aliphatic rings. The van der Waals surface area contributed by atoms with Crippen molar-refractivity contribution in [3.8, 4) is 5.82 Å². The van der Waals surface area contributed by atoms with Crippen molar-refractivity contribution in [3.05, 3.63) is 70.7 Å². The molecule has 0 aliphatic carbocycles. The zero-order valence-corrected chi connectivity index (χ0v) is 16.2. The van der Waals surface area contributed by atoms with Crippen LogP contribution < -0.4 is 0 Å². The lowest BCUT2D eigenvalue weighted by molar-refractivity contribution is 0.0660. The van der Waals surface area contributed by atoms with Gasteiger partial charge in [-0.2, -0.15) is 15.2 Å². The summed E-state index contributed by atoms with van der Waals surface area (Å²) in [6.45, 7) is 8.14. The monoisotopic (exact) mass is 375 g/mol. The number of carbonyl (C=O) groups excluding carboxylic acids is 2. The fourth-order valence-corrected chi connectivity index (χ4v) is 3.55. The number of hydrogen-bond donors (Lipinski definition) is 0. The third-order valence-electron chi connectivity index (χ3n) is 4.92. The first-order chi connectivity index (χ1) is 13.4. The number of aromatic nitrogens is 3. The van der Waals surface area contributed by atoms with Gasteiger partial charge < -0.3 is 4.57 Å². The van der Waals surface area contributed by atoms with Crippen LogP contribution in [0.2, 0.25) is 0 Å². The lowest BCUT2D eigenvalue weighted by Crippen LogP contribution is -2.24. The van der Waals surface area contributed by atoms with Crippen molar-refractivity contribution in [2.24, 2.45) is 5.10 Å². The Kier molecular flexibility index (Phi) is 4.22. The minimum absolute atomic E-state index is 0.224. The van der Waals surface area contributed by atoms with Gasteiger partial charge in [0.05, 0.1) is 23.5 Å². The number of hydrazone groups is 1. The first-order valence-electron chi connectivity index (χ1n) is 9.14. The van der Waals surface area contributed by atoms with Gasteiger partial charge in [0, 0.05) is 29.1 Å². The van der Waals surface area contributed by atoms with E-state index in [0.29, 0.717) is 11.1 Å². The summed E-state index contributed by atoms with van der Waals surface area (Å²) >= 11 is 0. The van der Waals surface area contributed by atoms with Crippen LogP contribution in [0.25, 0.3) is 5.82 Å². The van der Waals surface area contributed by atoms with Crippen molar-refractivity contribution in [2.45, 2.75) is 33.7 Å². The normalized spacial score (nSPS) is 14.0. The third-order valence-corrected chi connectivity index (χ3v) is 4.92. The van der Waals surface area contributed by atoms with Crippen LogP contribution in [0, 0.1) is 13.8 Å². The second-order valence-electron chi connectivity index (χ2n) is 7.10. The molecule has 0 N–H and O–H groups in total. The number of hydrogen-bond acceptors (Lipinski definition) is 4. The minimum atomic E-state index is -0.399. The third kappa shape index (κ3) is 2.67. The van der Waals surface area contributed by atoms with E-state index in [2.05, 4.69) is 28.6 Å². The van der Waals surface area contributed by atoms with Gasteiger partial charge in [-0.3, -0.25) is 9.59 Å². The summed E-state index contributed by atoms with van der Waals surface area (Å²) < 4.78 is 4.04. The van der Waals surface area contributed by atoms with E-state index in [1.165, 1.54) is 0 Å². The van der Waals surface area contributed by atoms with Crippen LogP contribution in [0.4, 0.5) is 0 Å². The van der Waals surface area contributed by atoms with E-state index >= 15 is 0 Å². The van der Waals surface area contributed by atoms with Crippen molar-refractivity contribution >= 4 is 18.0 Å². The SMILES string of the molecule is Cc1cc(/C=N\N2C(=O)c3ccccc3C2=O)c(C)n1-c1ccnn1C(C)C. The van der Waals surface area contributed by atoms with Gasteiger partial charge in [-0.05, 0) is 45.9 Å². The van der Waals surface area contributed by atoms with E-state index < -0.39 is 11.8 Å². The Morgan fingerprint density at radius 1 is 1.04 bits per heavy atom. The Balaban J connectivity index is 1.68. The van der Waals surface area contributed by atoms with Crippen molar-refractivity contribution in [1.29, 1.82) is 0 Å². The number of aryl methyl sites for hydroxylation is 1. The number of amides is 2. The first kappa shape index (κ1) is 17.9. The maximum Gasteiger partial charge on any atom is 0.282 e. The van der Waals surface area contributed by atoms with E-state index in [1.807, 2.05) is 30.7 Å². The molecule has 0 bridgehead atoms. The fourth-order valence-electron chi connectivity index (χ4n) is 3.55. The van der Waals surface area contributed by atoms with Gasteiger partial charge in [-0.25, -0.2) is 4.68 Å². The molecule has 0 atom stereocenters. The molecule has 28 heavy (non-hydrogen) atoms. The van der Waals surface area contributed by atoms with Gasteiger partial charge in [0.2, 0.25) is 0 Å². The summed E-state index contributed by atoms with van der Waals surface area (Å²) in [6, 6.07) is 10.9. The topological polar surface area (TPSA) is 72.5 Å². The van der Waals surface area contributed by atoms with E-state index in [9.17, 15) is 9.59 Å². The van der Waals surface area contributed by atoms with E-state index in [4.69, 9.17) is 0 Å². The van der Waals surface area contributed by atoms with Crippen molar-refractivity contribution in [3.63, 3.8) is 0 Å². The predicted octanol–water partition coefficient (Wildman–Crippen LogP) is 3.50. The van der Waals surface area contributed by atoms with Gasteiger partial charge in [-0.15, -0.1) is 0 Å². The number of benzene rings is 1. The summed E-state index contributed by atoms with van der Waals surface area (Å²) in [6.07, 6.45) is 3.34. The molecule has 0 unspecified atom stereocenters. The van der Waals surface area contributed by atoms with Crippen LogP contribution in [0.5, 0.6) is 0 Å². The number of fused-ring (bicyclic) bond motifs is 1. The maximum atomic E-state index is 12.5. The number of imide groups is 1. The maximum absolute atomic E-state index is 12.5. The van der Waals surface area contributed by atoms with Crippen LogP contribution in [-0.4, -0.2) is 37.4 Å². The van der Waals surface area contributed by atoms with Gasteiger partial charge in [-0.1, -0.05) is 12.1 Å². The first-order valence-corrected chi connectivity index (χ1v) is 9.14. The smallest absolute Gasteiger partial charge is 0.282 e. The van der Waals surface area contributed by atoms with Gasteiger partial charge in [0.25, 0.3) is 11.8 Å². The molecular weight excluding hydrogens is 354 g/mol. The summed E-state index contributed by atoms with van der Waals surface area (Å²) in [5, 5.41) is 9.52. The molecule has 0 radical (unpaired) electrons. The van der Waals surface area contributed by atoms with Crippen LogP contribution in [0.3, 0.4) is 0 Å². The molecular formula is C21H21N5O2. The lowest BCUT2D eigenvalue weighted by atomic mass is 10.1. The molecule has 1 aliphatic heterocycles. The Morgan fingerprint density at radius 2 is 1.68 bits per heavy atom. The van der Waals surface area contributed by atoms with Gasteiger partial charge in [0.1, 0.15) is 5.82 Å². The molecule has 142 valence electrons. The Hall–Kier alpha value is -3.48. The standard InChI is InChI=1S/C21H21N5O2/c1-13(2)25-19(9-10-22-25)24-14(3)11-16(15(24)4)12-23-26-20(27)17-7-5-6-8-18(17)21(26)28/h5-13H,1-4H3/b23-12-. The van der Waals surface area contributed by atoms with Crippen molar-refractivity contribution in [2.75, 3.05) is 0 Å². The molecule has 7 heteroatoms. The highest BCUT2D eigenvalue weighted by Gasteiger charge is 2.35. The van der Waals surface area contributed by atoms with Crippen molar-refractivity contribution < 1.29 is 9.59 Å². The second-order valence-corrected chi connectivity index (χ2v) is 7.10. The van der Waals surface area contributed by atoms with Gasteiger partial charge in [0.15, 0.2) is 0 Å². The largest absolute Gasteiger partial charge is 0.303 e. The average molecular weight is 375 g/mol. The summed E-state index contributed by atoms with van der Waals surface area (Å²) in [7, 11) is 0. The number of carbonyl (C=O) groups is 2. The molecule has 1 aromatic carbocycles. The number of nitrogens with zero attached hydrogens (tertiary/aromatic N) is 5. The van der Waals surface area contributed by atoms with Crippen molar-refractivity contribution in [1.82, 2.24) is 19.4 Å². The molecule has 7 nitrogen and oxygen atoms in total. The summed E-state index contributed by atoms with van der Waals surface area (Å²) in [5.41, 5.74) is 3.58. The van der Waals surface area contributed by atoms with Gasteiger partial charge >= 0.3 is 0 Å². The van der Waals surface area contributed by atoms with E-state index in [0.717, 1.165) is 27.8 Å². The Morgan fingerprint density at radius 3 is 2.29 bits per heavy atom. The molecule has 0 spiro atoms. The fraction of sp³-hybridized carbons (Fsp3) is 0.238. The summed E-state index contributed by atoms with van der Waals surface area (Å²) in [5.74, 6) is 0.164. The molecule has 3 heterocycles. The highest BCUT2D eigenvalue weighted by atomic mass is 16.2. The zero-order chi connectivity index (χ0) is 20.0. The average Bonchev–Trinajstić information content (AvgIpc) is 3.31. The number of rotatable bonds is 4.